The van der Waals surface area contributed by atoms with Gasteiger partial charge in [-0.2, -0.15) is 0 Å². The summed E-state index contributed by atoms with van der Waals surface area (Å²) in [5.41, 5.74) is 0.951. The second-order valence-electron chi connectivity index (χ2n) is 12.6. The van der Waals surface area contributed by atoms with Gasteiger partial charge in [0.1, 0.15) is 0 Å². The molecule has 0 bridgehead atoms. The van der Waals surface area contributed by atoms with Crippen molar-refractivity contribution in [3.05, 3.63) is 0 Å². The van der Waals surface area contributed by atoms with Crippen molar-refractivity contribution in [2.45, 2.75) is 124 Å². The van der Waals surface area contributed by atoms with E-state index in [9.17, 15) is 9.59 Å². The van der Waals surface area contributed by atoms with Crippen LogP contribution in [-0.4, -0.2) is 18.2 Å². The van der Waals surface area contributed by atoms with Gasteiger partial charge in [0.2, 0.25) is 6.29 Å². The Labute approximate surface area is 201 Å². The Morgan fingerprint density at radius 2 is 1.67 bits per heavy atom. The maximum absolute atomic E-state index is 12.1. The monoisotopic (exact) mass is 460 g/mol. The van der Waals surface area contributed by atoms with E-state index in [4.69, 9.17) is 9.47 Å². The summed E-state index contributed by atoms with van der Waals surface area (Å²) >= 11 is 0. The summed E-state index contributed by atoms with van der Waals surface area (Å²) in [5.74, 6) is 3.97. The lowest BCUT2D eigenvalue weighted by Gasteiger charge is -2.61. The zero-order chi connectivity index (χ0) is 23.8. The molecule has 0 heterocycles. The molecule has 0 aromatic heterocycles. The first-order valence-corrected chi connectivity index (χ1v) is 14.1. The van der Waals surface area contributed by atoms with Crippen molar-refractivity contribution in [2.75, 3.05) is 0 Å². The predicted octanol–water partition coefficient (Wildman–Crippen LogP) is 7.29. The second-order valence-corrected chi connectivity index (χ2v) is 12.6. The number of ether oxygens (including phenoxy) is 2. The molecule has 0 aromatic rings. The molecule has 188 valence electrons. The normalized spacial score (nSPS) is 41.8. The van der Waals surface area contributed by atoms with Gasteiger partial charge in [0.15, 0.2) is 0 Å². The number of hydrogen-bond donors (Lipinski definition) is 0. The van der Waals surface area contributed by atoms with E-state index >= 15 is 0 Å². The van der Waals surface area contributed by atoms with Crippen LogP contribution in [0.1, 0.15) is 118 Å². The van der Waals surface area contributed by atoms with Crippen LogP contribution in [0.5, 0.6) is 0 Å². The predicted molar refractivity (Wildman–Crippen MR) is 130 cm³/mol. The molecule has 33 heavy (non-hydrogen) atoms. The third kappa shape index (κ3) is 4.74. The number of fused-ring (bicyclic) bond motifs is 5. The fraction of sp³-hybridized carbons (Fsp3) is 0.931. The first-order chi connectivity index (χ1) is 15.7. The molecular weight excluding hydrogens is 412 g/mol. The molecule has 4 rings (SSSR count). The van der Waals surface area contributed by atoms with E-state index in [-0.39, 0.29) is 11.9 Å². The standard InChI is InChI=1S/C29H48O4/c1-6-9-26(31)33-27(32-20(3)30)18-19(2)23-13-14-24-22-12-11-21-10-7-8-16-28(21,4)25(22)15-17-29(23,24)5/h19,21-25,27H,6-18H2,1-5H3/t19?,21?,22-,23?,24-,25+,27?,28-,29+/m0/s1. The van der Waals surface area contributed by atoms with Crippen LogP contribution in [0, 0.1) is 46.3 Å². The summed E-state index contributed by atoms with van der Waals surface area (Å²) < 4.78 is 11.0. The Bertz CT molecular complexity index is 718. The smallest absolute Gasteiger partial charge is 0.308 e. The molecule has 4 nitrogen and oxygen atoms in total. The second kappa shape index (κ2) is 9.90. The zero-order valence-electron chi connectivity index (χ0n) is 21.9. The van der Waals surface area contributed by atoms with Crippen molar-refractivity contribution >= 4 is 11.9 Å². The molecule has 0 N–H and O–H groups in total. The molecule has 0 amide bonds. The van der Waals surface area contributed by atoms with Gasteiger partial charge in [0, 0.05) is 19.8 Å². The van der Waals surface area contributed by atoms with E-state index in [2.05, 4.69) is 20.8 Å². The van der Waals surface area contributed by atoms with Gasteiger partial charge >= 0.3 is 11.9 Å². The van der Waals surface area contributed by atoms with E-state index in [0.717, 1.165) is 30.1 Å². The van der Waals surface area contributed by atoms with Crippen molar-refractivity contribution in [3.63, 3.8) is 0 Å². The lowest BCUT2D eigenvalue weighted by atomic mass is 9.44. The number of hydrogen-bond acceptors (Lipinski definition) is 4. The Morgan fingerprint density at radius 1 is 0.909 bits per heavy atom. The molecule has 0 aliphatic heterocycles. The molecule has 0 radical (unpaired) electrons. The number of carbonyl (C=O) groups is 2. The molecule has 0 aromatic carbocycles. The molecule has 4 unspecified atom stereocenters. The van der Waals surface area contributed by atoms with Crippen LogP contribution in [0.3, 0.4) is 0 Å². The van der Waals surface area contributed by atoms with Gasteiger partial charge in [-0.1, -0.05) is 40.5 Å². The summed E-state index contributed by atoms with van der Waals surface area (Å²) in [4.78, 5) is 23.8. The molecule has 9 atom stereocenters. The van der Waals surface area contributed by atoms with E-state index in [1.165, 1.54) is 71.1 Å². The minimum Gasteiger partial charge on any atom is -0.425 e. The van der Waals surface area contributed by atoms with Crippen LogP contribution < -0.4 is 0 Å². The van der Waals surface area contributed by atoms with Gasteiger partial charge in [-0.3, -0.25) is 9.59 Å². The van der Waals surface area contributed by atoms with Crippen molar-refractivity contribution in [2.24, 2.45) is 46.3 Å². The minimum absolute atomic E-state index is 0.260. The van der Waals surface area contributed by atoms with E-state index in [1.807, 2.05) is 6.92 Å². The van der Waals surface area contributed by atoms with Crippen LogP contribution in [-0.2, 0) is 19.1 Å². The molecule has 4 saturated carbocycles. The summed E-state index contributed by atoms with van der Waals surface area (Å²) in [5, 5.41) is 0. The van der Waals surface area contributed by atoms with Gasteiger partial charge in [-0.05, 0) is 104 Å². The molecule has 0 spiro atoms. The van der Waals surface area contributed by atoms with Crippen molar-refractivity contribution in [3.8, 4) is 0 Å². The molecule has 4 heteroatoms. The van der Waals surface area contributed by atoms with Gasteiger partial charge in [0.05, 0.1) is 0 Å². The maximum Gasteiger partial charge on any atom is 0.308 e. The Hall–Kier alpha value is -1.06. The molecule has 4 aliphatic carbocycles. The van der Waals surface area contributed by atoms with Crippen LogP contribution in [0.15, 0.2) is 0 Å². The van der Waals surface area contributed by atoms with Crippen molar-refractivity contribution < 1.29 is 19.1 Å². The largest absolute Gasteiger partial charge is 0.425 e. The van der Waals surface area contributed by atoms with E-state index in [1.54, 1.807) is 0 Å². The van der Waals surface area contributed by atoms with E-state index < -0.39 is 6.29 Å². The van der Waals surface area contributed by atoms with Crippen molar-refractivity contribution in [1.82, 2.24) is 0 Å². The Kier molecular flexibility index (Phi) is 7.51. The molecule has 4 fully saturated rings. The summed E-state index contributed by atoms with van der Waals surface area (Å²) in [7, 11) is 0. The highest BCUT2D eigenvalue weighted by atomic mass is 16.7. The van der Waals surface area contributed by atoms with Crippen molar-refractivity contribution in [1.29, 1.82) is 0 Å². The molecule has 4 aliphatic rings. The SMILES string of the molecule is CCCC(=O)OC(CC(C)C1CC[C@H]2[C@@H]3CCC4CCCC[C@]4(C)[C@@H]3CC[C@]12C)OC(C)=O. The van der Waals surface area contributed by atoms with Crippen LogP contribution >= 0.6 is 0 Å². The third-order valence-corrected chi connectivity index (χ3v) is 10.9. The maximum atomic E-state index is 12.1. The third-order valence-electron chi connectivity index (χ3n) is 10.9. The van der Waals surface area contributed by atoms with Gasteiger partial charge in [-0.15, -0.1) is 0 Å². The van der Waals surface area contributed by atoms with Crippen LogP contribution in [0.25, 0.3) is 0 Å². The van der Waals surface area contributed by atoms with E-state index in [0.29, 0.717) is 35.5 Å². The summed E-state index contributed by atoms with van der Waals surface area (Å²) in [6.45, 7) is 10.9. The van der Waals surface area contributed by atoms with Gasteiger partial charge in [0.25, 0.3) is 0 Å². The average molecular weight is 461 g/mol. The van der Waals surface area contributed by atoms with Crippen LogP contribution in [0.4, 0.5) is 0 Å². The fourth-order valence-electron chi connectivity index (χ4n) is 9.45. The topological polar surface area (TPSA) is 52.6 Å². The van der Waals surface area contributed by atoms with Crippen LogP contribution in [0.2, 0.25) is 0 Å². The summed E-state index contributed by atoms with van der Waals surface area (Å²) in [6.07, 6.45) is 15.0. The quantitative estimate of drug-likeness (QED) is 0.295. The number of carbonyl (C=O) groups excluding carboxylic acids is 2. The number of rotatable bonds is 7. The molecular formula is C29H48O4. The minimum atomic E-state index is -0.743. The Morgan fingerprint density at radius 3 is 2.39 bits per heavy atom. The lowest BCUT2D eigenvalue weighted by molar-refractivity contribution is -0.190. The van der Waals surface area contributed by atoms with Gasteiger partial charge in [-0.25, -0.2) is 0 Å². The highest BCUT2D eigenvalue weighted by Gasteiger charge is 2.60. The first kappa shape index (κ1) is 25.0. The fourth-order valence-corrected chi connectivity index (χ4v) is 9.45. The average Bonchev–Trinajstić information content (AvgIpc) is 3.10. The first-order valence-electron chi connectivity index (χ1n) is 14.1. The molecule has 0 saturated heterocycles. The highest BCUT2D eigenvalue weighted by Crippen LogP contribution is 2.68. The summed E-state index contributed by atoms with van der Waals surface area (Å²) in [6, 6.07) is 0. The Balaban J connectivity index is 1.45. The lowest BCUT2D eigenvalue weighted by Crippen LogP contribution is -2.53. The number of esters is 2. The highest BCUT2D eigenvalue weighted by molar-refractivity contribution is 5.70. The van der Waals surface area contributed by atoms with Gasteiger partial charge < -0.3 is 9.47 Å². The zero-order valence-corrected chi connectivity index (χ0v) is 21.9.